The van der Waals surface area contributed by atoms with Crippen LogP contribution in [0.4, 0.5) is 0 Å². The van der Waals surface area contributed by atoms with E-state index in [1.807, 2.05) is 37.9 Å². The van der Waals surface area contributed by atoms with E-state index in [1.54, 1.807) is 0 Å². The van der Waals surface area contributed by atoms with E-state index in [0.717, 1.165) is 0 Å². The molecule has 4 atom stereocenters. The smallest absolute Gasteiger partial charge is 0.152 e. The van der Waals surface area contributed by atoms with Crippen molar-refractivity contribution >= 4 is 24.0 Å². The van der Waals surface area contributed by atoms with Crippen LogP contribution >= 0.6 is 0 Å². The van der Waals surface area contributed by atoms with Gasteiger partial charge in [0.05, 0.1) is 24.7 Å². The average molecular weight is 331 g/mol. The van der Waals surface area contributed by atoms with Crippen molar-refractivity contribution in [1.82, 2.24) is 4.90 Å². The van der Waals surface area contributed by atoms with Crippen LogP contribution in [0.15, 0.2) is 9.98 Å². The fraction of sp³-hybridized carbons (Fsp3) is 0.647. The van der Waals surface area contributed by atoms with Gasteiger partial charge in [0.2, 0.25) is 0 Å². The van der Waals surface area contributed by atoms with Crippen LogP contribution in [0.2, 0.25) is 0 Å². The van der Waals surface area contributed by atoms with Gasteiger partial charge in [-0.2, -0.15) is 10.5 Å². The fourth-order valence-electron chi connectivity index (χ4n) is 1.79. The number of aliphatic imine (C=N–C) groups is 2. The summed E-state index contributed by atoms with van der Waals surface area (Å²) in [7, 11) is 1.92. The molecule has 24 heavy (non-hydrogen) atoms. The van der Waals surface area contributed by atoms with Crippen molar-refractivity contribution < 1.29 is 9.59 Å². The lowest BCUT2D eigenvalue weighted by molar-refractivity contribution is -0.118. The topological polar surface area (TPSA) is 110 Å². The molecule has 0 rings (SSSR count). The molecular formula is C17H25N5O2. The number of ketones is 2. The Balaban J connectivity index is 4.48. The zero-order valence-electron chi connectivity index (χ0n) is 14.9. The molecule has 0 saturated heterocycles. The highest BCUT2D eigenvalue weighted by molar-refractivity contribution is 5.96. The Morgan fingerprint density at radius 2 is 1.58 bits per heavy atom. The number of carbonyl (C=O) groups excluding carboxylic acids is 2. The molecule has 0 fully saturated rings. The molecule has 0 aliphatic heterocycles. The van der Waals surface area contributed by atoms with Gasteiger partial charge >= 0.3 is 0 Å². The number of hydrogen-bond donors (Lipinski definition) is 0. The standard InChI is InChI=1S/C17H25N5O2/c1-12(21-10-17(7-19)15(4)24)11-22(5)13(2)8-20-9-16(6-18)14(3)23/h9-10,12-13,16-17H,8,11H2,1-5H3. The van der Waals surface area contributed by atoms with Gasteiger partial charge in [-0.3, -0.25) is 24.5 Å². The van der Waals surface area contributed by atoms with Crippen LogP contribution in [-0.2, 0) is 9.59 Å². The summed E-state index contributed by atoms with van der Waals surface area (Å²) >= 11 is 0. The molecule has 7 nitrogen and oxygen atoms in total. The minimum atomic E-state index is -0.797. The van der Waals surface area contributed by atoms with Crippen molar-refractivity contribution in [1.29, 1.82) is 10.5 Å². The second kappa shape index (κ2) is 11.2. The van der Waals surface area contributed by atoms with Gasteiger partial charge in [0.25, 0.3) is 0 Å². The van der Waals surface area contributed by atoms with Crippen molar-refractivity contribution in [3.8, 4) is 12.1 Å². The van der Waals surface area contributed by atoms with Crippen LogP contribution in [0.25, 0.3) is 0 Å². The molecule has 0 spiro atoms. The highest BCUT2D eigenvalue weighted by Crippen LogP contribution is 2.02. The van der Waals surface area contributed by atoms with Crippen LogP contribution in [0.5, 0.6) is 0 Å². The molecule has 130 valence electrons. The van der Waals surface area contributed by atoms with Crippen LogP contribution in [0.1, 0.15) is 27.7 Å². The molecule has 0 bridgehead atoms. The highest BCUT2D eigenvalue weighted by atomic mass is 16.1. The first-order valence-corrected chi connectivity index (χ1v) is 7.76. The van der Waals surface area contributed by atoms with Gasteiger partial charge in [-0.15, -0.1) is 0 Å². The normalized spacial score (nSPS) is 16.5. The Hall–Kier alpha value is -2.38. The summed E-state index contributed by atoms with van der Waals surface area (Å²) < 4.78 is 0. The Kier molecular flexibility index (Phi) is 10.1. The van der Waals surface area contributed by atoms with Crippen LogP contribution < -0.4 is 0 Å². The molecule has 0 aliphatic rings. The van der Waals surface area contributed by atoms with Gasteiger partial charge in [-0.25, -0.2) is 0 Å². The minimum Gasteiger partial charge on any atom is -0.300 e. The van der Waals surface area contributed by atoms with Gasteiger partial charge < -0.3 is 0 Å². The van der Waals surface area contributed by atoms with Crippen LogP contribution in [-0.4, -0.2) is 61.1 Å². The molecule has 0 saturated carbocycles. The molecule has 0 aromatic carbocycles. The van der Waals surface area contributed by atoms with E-state index >= 15 is 0 Å². The number of nitriles is 2. The van der Waals surface area contributed by atoms with Gasteiger partial charge in [0.1, 0.15) is 11.8 Å². The largest absolute Gasteiger partial charge is 0.300 e. The second-order valence-electron chi connectivity index (χ2n) is 5.88. The van der Waals surface area contributed by atoms with Crippen LogP contribution in [0, 0.1) is 34.5 Å². The zero-order valence-corrected chi connectivity index (χ0v) is 14.9. The van der Waals surface area contributed by atoms with Crippen molar-refractivity contribution in [2.75, 3.05) is 20.1 Å². The van der Waals surface area contributed by atoms with Gasteiger partial charge in [-0.05, 0) is 34.7 Å². The molecule has 0 aliphatic carbocycles. The fourth-order valence-corrected chi connectivity index (χ4v) is 1.79. The predicted molar refractivity (Wildman–Crippen MR) is 93.0 cm³/mol. The van der Waals surface area contributed by atoms with E-state index in [0.29, 0.717) is 13.1 Å². The van der Waals surface area contributed by atoms with Gasteiger partial charge in [0, 0.05) is 25.0 Å². The van der Waals surface area contributed by atoms with Crippen molar-refractivity contribution in [2.45, 2.75) is 39.8 Å². The SMILES string of the molecule is CC(=O)C(C#N)C=NCC(C)N(C)CC(C)N=CC(C#N)C(C)=O. The Labute approximate surface area is 143 Å². The first-order valence-electron chi connectivity index (χ1n) is 7.76. The molecule has 0 radical (unpaired) electrons. The summed E-state index contributed by atoms with van der Waals surface area (Å²) in [4.78, 5) is 32.8. The Bertz CT molecular complexity index is 571. The number of hydrogen-bond acceptors (Lipinski definition) is 7. The van der Waals surface area contributed by atoms with E-state index in [9.17, 15) is 9.59 Å². The van der Waals surface area contributed by atoms with E-state index in [1.165, 1.54) is 26.3 Å². The molecule has 7 heteroatoms. The van der Waals surface area contributed by atoms with E-state index in [-0.39, 0.29) is 23.7 Å². The predicted octanol–water partition coefficient (Wildman–Crippen LogP) is 1.29. The molecule has 0 aromatic heterocycles. The molecule has 0 heterocycles. The first kappa shape index (κ1) is 21.6. The number of Topliss-reactive ketones (excluding diaryl/α,β-unsaturated/α-hetero) is 2. The molecule has 4 unspecified atom stereocenters. The molecule has 0 aromatic rings. The summed E-state index contributed by atoms with van der Waals surface area (Å²) in [6, 6.07) is 3.83. The number of rotatable bonds is 10. The molecule has 0 N–H and O–H groups in total. The maximum absolute atomic E-state index is 11.2. The summed E-state index contributed by atoms with van der Waals surface area (Å²) in [5, 5.41) is 17.7. The molecule has 0 amide bonds. The first-order chi connectivity index (χ1) is 11.2. The monoisotopic (exact) mass is 331 g/mol. The van der Waals surface area contributed by atoms with E-state index in [2.05, 4.69) is 9.98 Å². The third-order valence-electron chi connectivity index (χ3n) is 3.57. The average Bonchev–Trinajstić information content (AvgIpc) is 2.51. The lowest BCUT2D eigenvalue weighted by Crippen LogP contribution is -2.36. The van der Waals surface area contributed by atoms with Crippen molar-refractivity contribution in [3.05, 3.63) is 0 Å². The Morgan fingerprint density at radius 1 is 1.08 bits per heavy atom. The zero-order chi connectivity index (χ0) is 18.7. The summed E-state index contributed by atoms with van der Waals surface area (Å²) in [5.74, 6) is -2.03. The highest BCUT2D eigenvalue weighted by Gasteiger charge is 2.14. The number of likely N-dealkylation sites (N-methyl/N-ethyl adjacent to an activating group) is 1. The maximum atomic E-state index is 11.2. The quantitative estimate of drug-likeness (QED) is 0.560. The van der Waals surface area contributed by atoms with Gasteiger partial charge in [-0.1, -0.05) is 0 Å². The van der Waals surface area contributed by atoms with Crippen molar-refractivity contribution in [3.63, 3.8) is 0 Å². The molecular weight excluding hydrogens is 306 g/mol. The minimum absolute atomic E-state index is 0.0688. The number of carbonyl (C=O) groups is 2. The van der Waals surface area contributed by atoms with E-state index < -0.39 is 11.8 Å². The lowest BCUT2D eigenvalue weighted by atomic mass is 10.1. The number of nitrogens with zero attached hydrogens (tertiary/aromatic N) is 5. The Morgan fingerprint density at radius 3 is 2.04 bits per heavy atom. The summed E-state index contributed by atoms with van der Waals surface area (Å²) in [5.41, 5.74) is 0. The summed E-state index contributed by atoms with van der Waals surface area (Å²) in [6.07, 6.45) is 2.78. The van der Waals surface area contributed by atoms with Crippen LogP contribution in [0.3, 0.4) is 0 Å². The van der Waals surface area contributed by atoms with E-state index in [4.69, 9.17) is 10.5 Å². The summed E-state index contributed by atoms with van der Waals surface area (Å²) in [6.45, 7) is 7.72. The third-order valence-corrected chi connectivity index (χ3v) is 3.57. The lowest BCUT2D eigenvalue weighted by Gasteiger charge is -2.25. The van der Waals surface area contributed by atoms with Crippen molar-refractivity contribution in [2.24, 2.45) is 21.8 Å². The second-order valence-corrected chi connectivity index (χ2v) is 5.88. The third kappa shape index (κ3) is 8.30. The maximum Gasteiger partial charge on any atom is 0.152 e. The van der Waals surface area contributed by atoms with Gasteiger partial charge in [0.15, 0.2) is 11.6 Å².